The van der Waals surface area contributed by atoms with Gasteiger partial charge in [-0.15, -0.1) is 0 Å². The zero-order chi connectivity index (χ0) is 27.3. The molecule has 0 nitrogen and oxygen atoms in total. The fourth-order valence-corrected chi connectivity index (χ4v) is 6.82. The molecular formula is C41H28. The van der Waals surface area contributed by atoms with Gasteiger partial charge in [-0.1, -0.05) is 152 Å². The summed E-state index contributed by atoms with van der Waals surface area (Å²) < 4.78 is 0. The Morgan fingerprint density at radius 3 is 0.829 bits per heavy atom. The molecule has 0 aliphatic carbocycles. The summed E-state index contributed by atoms with van der Waals surface area (Å²) in [5.74, 6) is 0. The number of hydrogen-bond acceptors (Lipinski definition) is 0. The number of benzene rings is 8. The highest BCUT2D eigenvalue weighted by Crippen LogP contribution is 2.44. The topological polar surface area (TPSA) is 0 Å². The van der Waals surface area contributed by atoms with Crippen LogP contribution in [0.2, 0.25) is 0 Å². The van der Waals surface area contributed by atoms with Gasteiger partial charge < -0.3 is 0 Å². The van der Waals surface area contributed by atoms with Gasteiger partial charge in [0.2, 0.25) is 0 Å². The zero-order valence-electron chi connectivity index (χ0n) is 22.9. The van der Waals surface area contributed by atoms with E-state index in [-0.39, 0.29) is 0 Å². The normalized spacial score (nSPS) is 11.5. The second kappa shape index (κ2) is 9.47. The van der Waals surface area contributed by atoms with Crippen molar-refractivity contribution in [1.82, 2.24) is 0 Å². The summed E-state index contributed by atoms with van der Waals surface area (Å²) in [6.07, 6.45) is 0. The van der Waals surface area contributed by atoms with Crippen molar-refractivity contribution in [3.05, 3.63) is 157 Å². The van der Waals surface area contributed by atoms with Crippen molar-refractivity contribution in [3.8, 4) is 33.4 Å². The quantitative estimate of drug-likeness (QED) is 0.203. The molecule has 8 aromatic carbocycles. The molecule has 0 saturated carbocycles. The Morgan fingerprint density at radius 1 is 0.244 bits per heavy atom. The van der Waals surface area contributed by atoms with E-state index >= 15 is 0 Å². The molecule has 0 atom stereocenters. The van der Waals surface area contributed by atoms with E-state index in [9.17, 15) is 0 Å². The number of hydrogen-bond donors (Lipinski definition) is 0. The lowest BCUT2D eigenvalue weighted by molar-refractivity contribution is 1.57. The Balaban J connectivity index is 1.39. The lowest BCUT2D eigenvalue weighted by atomic mass is 9.85. The van der Waals surface area contributed by atoms with Crippen LogP contribution in [0.25, 0.3) is 76.5 Å². The summed E-state index contributed by atoms with van der Waals surface area (Å²) in [6.45, 7) is 2.24. The highest BCUT2D eigenvalue weighted by Gasteiger charge is 2.17. The minimum atomic E-state index is 1.24. The minimum Gasteiger partial charge on any atom is -0.0622 e. The fraction of sp³-hybridized carbons (Fsp3) is 0.0244. The van der Waals surface area contributed by atoms with Gasteiger partial charge in [-0.25, -0.2) is 0 Å². The molecular weight excluding hydrogens is 492 g/mol. The van der Waals surface area contributed by atoms with Crippen molar-refractivity contribution in [2.24, 2.45) is 0 Å². The molecule has 0 unspecified atom stereocenters. The average Bonchev–Trinajstić information content (AvgIpc) is 3.04. The van der Waals surface area contributed by atoms with Crippen LogP contribution in [0, 0.1) is 6.92 Å². The maximum Gasteiger partial charge on any atom is -0.00264 e. The van der Waals surface area contributed by atoms with Crippen LogP contribution < -0.4 is 0 Å². The highest BCUT2D eigenvalue weighted by molar-refractivity contribution is 6.21. The smallest absolute Gasteiger partial charge is 0.00264 e. The minimum absolute atomic E-state index is 1.24. The molecule has 0 heterocycles. The highest BCUT2D eigenvalue weighted by atomic mass is 14.2. The standard InChI is InChI=1S/C41H28/c1-27-31-15-5-7-17-33(31)40(34-18-8-6-16-32(27)34)29-23-25-30(26-24-29)41-37-21-11-9-19-35(37)39(28-13-3-2-4-14-28)36-20-10-12-22-38(36)41/h2-26H,1H3. The van der Waals surface area contributed by atoms with E-state index in [1.165, 1.54) is 82.0 Å². The maximum atomic E-state index is 2.31. The lowest BCUT2D eigenvalue weighted by Crippen LogP contribution is -1.91. The van der Waals surface area contributed by atoms with Crippen LogP contribution in [0.4, 0.5) is 0 Å². The van der Waals surface area contributed by atoms with Crippen molar-refractivity contribution >= 4 is 43.1 Å². The Hall–Kier alpha value is -5.20. The van der Waals surface area contributed by atoms with E-state index in [0.717, 1.165) is 0 Å². The van der Waals surface area contributed by atoms with Gasteiger partial charge in [0, 0.05) is 0 Å². The van der Waals surface area contributed by atoms with Gasteiger partial charge in [0.25, 0.3) is 0 Å². The summed E-state index contributed by atoms with van der Waals surface area (Å²) >= 11 is 0. The molecule has 0 radical (unpaired) electrons. The molecule has 192 valence electrons. The van der Waals surface area contributed by atoms with Crippen molar-refractivity contribution < 1.29 is 0 Å². The van der Waals surface area contributed by atoms with E-state index in [2.05, 4.69) is 159 Å². The third-order valence-corrected chi connectivity index (χ3v) is 8.66. The molecule has 0 saturated heterocycles. The second-order valence-electron chi connectivity index (χ2n) is 10.9. The molecule has 8 aromatic rings. The van der Waals surface area contributed by atoms with E-state index in [0.29, 0.717) is 0 Å². The molecule has 0 bridgehead atoms. The lowest BCUT2D eigenvalue weighted by Gasteiger charge is -2.18. The second-order valence-corrected chi connectivity index (χ2v) is 10.9. The first-order chi connectivity index (χ1) is 20.3. The predicted octanol–water partition coefficient (Wildman–Crippen LogP) is 11.6. The van der Waals surface area contributed by atoms with E-state index in [1.54, 1.807) is 0 Å². The molecule has 0 aliphatic heterocycles. The number of aryl methyl sites for hydroxylation is 1. The molecule has 0 aliphatic rings. The SMILES string of the molecule is Cc1c2ccccc2c(-c2ccc(-c3c4ccccc4c(-c4ccccc4)c4ccccc34)cc2)c2ccccc12. The van der Waals surface area contributed by atoms with Crippen LogP contribution >= 0.6 is 0 Å². The van der Waals surface area contributed by atoms with E-state index in [4.69, 9.17) is 0 Å². The van der Waals surface area contributed by atoms with Crippen molar-refractivity contribution in [3.63, 3.8) is 0 Å². The molecule has 0 amide bonds. The Morgan fingerprint density at radius 2 is 0.488 bits per heavy atom. The zero-order valence-corrected chi connectivity index (χ0v) is 22.9. The molecule has 0 aromatic heterocycles. The molecule has 0 N–H and O–H groups in total. The maximum absolute atomic E-state index is 2.31. The van der Waals surface area contributed by atoms with Crippen LogP contribution in [0.3, 0.4) is 0 Å². The first-order valence-corrected chi connectivity index (χ1v) is 14.3. The molecule has 41 heavy (non-hydrogen) atoms. The number of fused-ring (bicyclic) bond motifs is 4. The third-order valence-electron chi connectivity index (χ3n) is 8.66. The first kappa shape index (κ1) is 23.7. The van der Waals surface area contributed by atoms with Gasteiger partial charge in [0.1, 0.15) is 0 Å². The fourth-order valence-electron chi connectivity index (χ4n) is 6.82. The third kappa shape index (κ3) is 3.68. The van der Waals surface area contributed by atoms with Gasteiger partial charge in [-0.2, -0.15) is 0 Å². The Kier molecular flexibility index (Phi) is 5.47. The van der Waals surface area contributed by atoms with Gasteiger partial charge >= 0.3 is 0 Å². The molecule has 0 spiro atoms. The monoisotopic (exact) mass is 520 g/mol. The average molecular weight is 521 g/mol. The Labute approximate surface area is 240 Å². The first-order valence-electron chi connectivity index (χ1n) is 14.3. The van der Waals surface area contributed by atoms with Gasteiger partial charge in [-0.3, -0.25) is 0 Å². The molecule has 0 fully saturated rings. The summed E-state index contributed by atoms with van der Waals surface area (Å²) in [7, 11) is 0. The van der Waals surface area contributed by atoms with Crippen molar-refractivity contribution in [1.29, 1.82) is 0 Å². The molecule has 0 heteroatoms. The van der Waals surface area contributed by atoms with Crippen LogP contribution in [0.1, 0.15) is 5.56 Å². The predicted molar refractivity (Wildman–Crippen MR) is 178 cm³/mol. The van der Waals surface area contributed by atoms with Crippen LogP contribution in [-0.4, -0.2) is 0 Å². The Bertz CT molecular complexity index is 2120. The van der Waals surface area contributed by atoms with E-state index < -0.39 is 0 Å². The molecule has 8 rings (SSSR count). The summed E-state index contributed by atoms with van der Waals surface area (Å²) in [5, 5.41) is 10.4. The van der Waals surface area contributed by atoms with Gasteiger partial charge in [-0.05, 0) is 89.0 Å². The van der Waals surface area contributed by atoms with E-state index in [1.807, 2.05) is 0 Å². The van der Waals surface area contributed by atoms with Crippen LogP contribution in [0.15, 0.2) is 152 Å². The number of rotatable bonds is 3. The summed E-state index contributed by atoms with van der Waals surface area (Å²) in [5.41, 5.74) is 8.98. The summed E-state index contributed by atoms with van der Waals surface area (Å²) in [6, 6.07) is 55.4. The van der Waals surface area contributed by atoms with Crippen molar-refractivity contribution in [2.75, 3.05) is 0 Å². The van der Waals surface area contributed by atoms with Crippen molar-refractivity contribution in [2.45, 2.75) is 6.92 Å². The van der Waals surface area contributed by atoms with Crippen LogP contribution in [-0.2, 0) is 0 Å². The summed E-state index contributed by atoms with van der Waals surface area (Å²) in [4.78, 5) is 0. The van der Waals surface area contributed by atoms with Crippen LogP contribution in [0.5, 0.6) is 0 Å². The van der Waals surface area contributed by atoms with Gasteiger partial charge in [0.15, 0.2) is 0 Å². The van der Waals surface area contributed by atoms with Gasteiger partial charge in [0.05, 0.1) is 0 Å². The largest absolute Gasteiger partial charge is 0.0622 e.